The fourth-order valence-corrected chi connectivity index (χ4v) is 3.04. The third-order valence-corrected chi connectivity index (χ3v) is 4.08. The molecule has 1 unspecified atom stereocenters. The van der Waals surface area contributed by atoms with E-state index < -0.39 is 12.0 Å². The monoisotopic (exact) mass is 265 g/mol. The first-order valence-electron chi connectivity index (χ1n) is 7.20. The van der Waals surface area contributed by atoms with Crippen LogP contribution < -0.4 is 0 Å². The lowest BCUT2D eigenvalue weighted by Crippen LogP contribution is -2.25. The molecular weight excluding hydrogens is 242 g/mol. The lowest BCUT2D eigenvalue weighted by Gasteiger charge is -2.19. The molecule has 0 aliphatic heterocycles. The van der Waals surface area contributed by atoms with E-state index in [1.165, 1.54) is 25.7 Å². The molecule has 5 heteroatoms. The second-order valence-electron chi connectivity index (χ2n) is 5.87. The topological polar surface area (TPSA) is 68.0 Å². The molecule has 0 spiro atoms. The summed E-state index contributed by atoms with van der Waals surface area (Å²) < 4.78 is 1.74. The molecule has 106 valence electrons. The number of carbonyl (C=O) groups is 1. The molecule has 1 saturated carbocycles. The van der Waals surface area contributed by atoms with Gasteiger partial charge >= 0.3 is 5.97 Å². The molecule has 0 saturated heterocycles. The molecule has 1 aromatic heterocycles. The van der Waals surface area contributed by atoms with Crippen LogP contribution in [0.4, 0.5) is 0 Å². The summed E-state index contributed by atoms with van der Waals surface area (Å²) in [5, 5.41) is 17.4. The predicted octanol–water partition coefficient (Wildman–Crippen LogP) is 2.68. The van der Waals surface area contributed by atoms with Gasteiger partial charge in [-0.2, -0.15) is 0 Å². The third kappa shape index (κ3) is 3.33. The molecule has 1 aliphatic carbocycles. The zero-order valence-electron chi connectivity index (χ0n) is 11.7. The molecule has 0 bridgehead atoms. The van der Waals surface area contributed by atoms with Gasteiger partial charge in [-0.3, -0.25) is 0 Å². The molecule has 1 fully saturated rings. The Bertz CT molecular complexity index is 422. The maximum atomic E-state index is 11.4. The lowest BCUT2D eigenvalue weighted by molar-refractivity contribution is -0.142. The van der Waals surface area contributed by atoms with Crippen LogP contribution in [0.3, 0.4) is 0 Å². The van der Waals surface area contributed by atoms with Crippen molar-refractivity contribution >= 4 is 5.97 Å². The quantitative estimate of drug-likeness (QED) is 0.858. The Morgan fingerprint density at radius 3 is 2.74 bits per heavy atom. The highest BCUT2D eigenvalue weighted by molar-refractivity contribution is 5.72. The number of carboxylic acids is 1. The molecule has 1 aromatic rings. The SMILES string of the molecule is CC(C)C(C(=O)O)n1cnnc1CCC1CCCC1. The van der Waals surface area contributed by atoms with E-state index in [-0.39, 0.29) is 5.92 Å². The summed E-state index contributed by atoms with van der Waals surface area (Å²) in [6.07, 6.45) is 8.77. The molecular formula is C14H23N3O2. The summed E-state index contributed by atoms with van der Waals surface area (Å²) in [7, 11) is 0. The lowest BCUT2D eigenvalue weighted by atomic mass is 10.0. The standard InChI is InChI=1S/C14H23N3O2/c1-10(2)13(14(18)19)17-9-15-16-12(17)8-7-11-5-3-4-6-11/h9-11,13H,3-8H2,1-2H3,(H,18,19). The number of carboxylic acid groups (broad SMARTS) is 1. The molecule has 1 atom stereocenters. The van der Waals surface area contributed by atoms with Crippen LogP contribution >= 0.6 is 0 Å². The molecule has 2 rings (SSSR count). The van der Waals surface area contributed by atoms with Crippen LogP contribution in [-0.2, 0) is 11.2 Å². The molecule has 1 N–H and O–H groups in total. The predicted molar refractivity (Wildman–Crippen MR) is 71.8 cm³/mol. The maximum absolute atomic E-state index is 11.4. The fraction of sp³-hybridized carbons (Fsp3) is 0.786. The Balaban J connectivity index is 2.05. The van der Waals surface area contributed by atoms with Crippen molar-refractivity contribution in [2.45, 2.75) is 58.4 Å². The molecule has 0 radical (unpaired) electrons. The van der Waals surface area contributed by atoms with Gasteiger partial charge in [0, 0.05) is 6.42 Å². The number of rotatable bonds is 6. The molecule has 5 nitrogen and oxygen atoms in total. The zero-order chi connectivity index (χ0) is 13.8. The summed E-state index contributed by atoms with van der Waals surface area (Å²) in [4.78, 5) is 11.4. The minimum absolute atomic E-state index is 0.0266. The van der Waals surface area contributed by atoms with Gasteiger partial charge in [-0.1, -0.05) is 39.5 Å². The van der Waals surface area contributed by atoms with Gasteiger partial charge in [-0.05, 0) is 18.3 Å². The van der Waals surface area contributed by atoms with E-state index in [9.17, 15) is 9.90 Å². The first-order chi connectivity index (χ1) is 9.09. The third-order valence-electron chi connectivity index (χ3n) is 4.08. The van der Waals surface area contributed by atoms with Crippen LogP contribution in [0.25, 0.3) is 0 Å². The number of aryl methyl sites for hydroxylation is 1. The Kier molecular flexibility index (Phi) is 4.56. The van der Waals surface area contributed by atoms with Crippen molar-refractivity contribution in [1.82, 2.24) is 14.8 Å². The van der Waals surface area contributed by atoms with Crippen molar-refractivity contribution < 1.29 is 9.90 Å². The number of nitrogens with zero attached hydrogens (tertiary/aromatic N) is 3. The number of aliphatic carboxylic acids is 1. The van der Waals surface area contributed by atoms with Crippen LogP contribution in [-0.4, -0.2) is 25.8 Å². The normalized spacial score (nSPS) is 18.1. The molecule has 0 amide bonds. The highest BCUT2D eigenvalue weighted by Gasteiger charge is 2.26. The van der Waals surface area contributed by atoms with E-state index in [4.69, 9.17) is 0 Å². The molecule has 1 aliphatic rings. The average Bonchev–Trinajstić information content (AvgIpc) is 2.96. The average molecular weight is 265 g/mol. The summed E-state index contributed by atoms with van der Waals surface area (Å²) in [5.41, 5.74) is 0. The van der Waals surface area contributed by atoms with Crippen LogP contribution in [0.1, 0.15) is 57.8 Å². The van der Waals surface area contributed by atoms with E-state index in [1.54, 1.807) is 10.9 Å². The summed E-state index contributed by atoms with van der Waals surface area (Å²) in [6, 6.07) is -0.562. The van der Waals surface area contributed by atoms with Gasteiger partial charge in [-0.15, -0.1) is 10.2 Å². The van der Waals surface area contributed by atoms with Crippen LogP contribution in [0.5, 0.6) is 0 Å². The van der Waals surface area contributed by atoms with Crippen molar-refractivity contribution in [2.75, 3.05) is 0 Å². The van der Waals surface area contributed by atoms with E-state index in [0.717, 1.165) is 24.6 Å². The van der Waals surface area contributed by atoms with Crippen molar-refractivity contribution in [3.8, 4) is 0 Å². The summed E-state index contributed by atoms with van der Waals surface area (Å²) >= 11 is 0. The molecule has 1 heterocycles. The van der Waals surface area contributed by atoms with Gasteiger partial charge in [0.05, 0.1) is 0 Å². The van der Waals surface area contributed by atoms with Gasteiger partial charge in [0.1, 0.15) is 18.2 Å². The minimum atomic E-state index is -0.808. The van der Waals surface area contributed by atoms with E-state index in [2.05, 4.69) is 10.2 Å². The second kappa shape index (κ2) is 6.17. The number of hydrogen-bond acceptors (Lipinski definition) is 3. The Labute approximate surface area is 114 Å². The smallest absolute Gasteiger partial charge is 0.327 e. The second-order valence-corrected chi connectivity index (χ2v) is 5.87. The van der Waals surface area contributed by atoms with Gasteiger partial charge < -0.3 is 9.67 Å². The van der Waals surface area contributed by atoms with Crippen molar-refractivity contribution in [3.63, 3.8) is 0 Å². The number of hydrogen-bond donors (Lipinski definition) is 1. The highest BCUT2D eigenvalue weighted by Crippen LogP contribution is 2.29. The van der Waals surface area contributed by atoms with Crippen molar-refractivity contribution in [2.24, 2.45) is 11.8 Å². The number of aromatic nitrogens is 3. The van der Waals surface area contributed by atoms with Gasteiger partial charge in [0.2, 0.25) is 0 Å². The van der Waals surface area contributed by atoms with E-state index in [1.807, 2.05) is 13.8 Å². The highest BCUT2D eigenvalue weighted by atomic mass is 16.4. The molecule has 0 aromatic carbocycles. The molecule has 19 heavy (non-hydrogen) atoms. The van der Waals surface area contributed by atoms with Crippen LogP contribution in [0.15, 0.2) is 6.33 Å². The van der Waals surface area contributed by atoms with Crippen molar-refractivity contribution in [3.05, 3.63) is 12.2 Å². The first kappa shape index (κ1) is 14.0. The maximum Gasteiger partial charge on any atom is 0.327 e. The summed E-state index contributed by atoms with van der Waals surface area (Å²) in [6.45, 7) is 3.83. The van der Waals surface area contributed by atoms with E-state index in [0.29, 0.717) is 0 Å². The van der Waals surface area contributed by atoms with Crippen LogP contribution in [0, 0.1) is 11.8 Å². The van der Waals surface area contributed by atoms with Gasteiger partial charge in [0.25, 0.3) is 0 Å². The van der Waals surface area contributed by atoms with Gasteiger partial charge in [0.15, 0.2) is 0 Å². The Morgan fingerprint density at radius 2 is 2.16 bits per heavy atom. The Hall–Kier alpha value is -1.39. The Morgan fingerprint density at radius 1 is 1.47 bits per heavy atom. The van der Waals surface area contributed by atoms with Crippen LogP contribution in [0.2, 0.25) is 0 Å². The minimum Gasteiger partial charge on any atom is -0.480 e. The van der Waals surface area contributed by atoms with Crippen molar-refractivity contribution in [1.29, 1.82) is 0 Å². The largest absolute Gasteiger partial charge is 0.480 e. The van der Waals surface area contributed by atoms with Gasteiger partial charge in [-0.25, -0.2) is 4.79 Å². The zero-order valence-corrected chi connectivity index (χ0v) is 11.7. The first-order valence-corrected chi connectivity index (χ1v) is 7.20. The van der Waals surface area contributed by atoms with E-state index >= 15 is 0 Å². The fourth-order valence-electron chi connectivity index (χ4n) is 3.04. The summed E-state index contributed by atoms with van der Waals surface area (Å²) in [5.74, 6) is 0.816.